The molecule has 8 nitrogen and oxygen atoms in total. The van der Waals surface area contributed by atoms with Gasteiger partial charge < -0.3 is 28.8 Å². The van der Waals surface area contributed by atoms with Crippen LogP contribution >= 0.6 is 0 Å². The smallest absolute Gasteiger partial charge is 0.410 e. The lowest BCUT2D eigenvalue weighted by Crippen LogP contribution is -2.53. The van der Waals surface area contributed by atoms with E-state index in [9.17, 15) is 9.90 Å². The van der Waals surface area contributed by atoms with Gasteiger partial charge in [-0.1, -0.05) is 48.5 Å². The maximum Gasteiger partial charge on any atom is 0.410 e. The van der Waals surface area contributed by atoms with Gasteiger partial charge >= 0.3 is 6.09 Å². The Kier molecular flexibility index (Phi) is 8.51. The summed E-state index contributed by atoms with van der Waals surface area (Å²) >= 11 is 0. The molecule has 5 rings (SSSR count). The molecule has 0 unspecified atom stereocenters. The van der Waals surface area contributed by atoms with Crippen LogP contribution in [0, 0.1) is 5.92 Å². The standard InChI is InChI=1S/C34H47NO7/c1-32(2,3)40-27-17-35(29(30(27)42-33(4,5)6)25(18-36)28-20-39-34(7,8)41-28)31(37)38-19-26-23-15-11-9-13-21(23)22-14-10-12-16-24(22)26/h9-16,25-30,36H,17-20H2,1-8H3/t25-,27-,28+,29-,30+/m0/s1. The van der Waals surface area contributed by atoms with Crippen molar-refractivity contribution >= 4 is 6.09 Å². The molecule has 0 aromatic heterocycles. The van der Waals surface area contributed by atoms with E-state index >= 15 is 0 Å². The van der Waals surface area contributed by atoms with Gasteiger partial charge in [0, 0.05) is 11.8 Å². The van der Waals surface area contributed by atoms with Crippen LogP contribution in [-0.2, 0) is 23.7 Å². The lowest BCUT2D eigenvalue weighted by atomic mass is 9.90. The molecular weight excluding hydrogens is 534 g/mol. The van der Waals surface area contributed by atoms with E-state index in [1.54, 1.807) is 4.90 Å². The van der Waals surface area contributed by atoms with Crippen LogP contribution in [0.25, 0.3) is 11.1 Å². The summed E-state index contributed by atoms with van der Waals surface area (Å²) < 4.78 is 31.4. The zero-order valence-corrected chi connectivity index (χ0v) is 26.3. The molecule has 0 bridgehead atoms. The van der Waals surface area contributed by atoms with E-state index in [1.807, 2.05) is 79.7 Å². The van der Waals surface area contributed by atoms with Crippen molar-refractivity contribution in [3.8, 4) is 11.1 Å². The first-order valence-corrected chi connectivity index (χ1v) is 15.1. The molecule has 2 saturated heterocycles. The third-order valence-corrected chi connectivity index (χ3v) is 8.16. The van der Waals surface area contributed by atoms with Crippen molar-refractivity contribution < 1.29 is 33.6 Å². The van der Waals surface area contributed by atoms with Gasteiger partial charge in [-0.25, -0.2) is 4.79 Å². The fourth-order valence-electron chi connectivity index (χ4n) is 6.65. The van der Waals surface area contributed by atoms with Crippen LogP contribution in [0.1, 0.15) is 72.4 Å². The lowest BCUT2D eigenvalue weighted by Gasteiger charge is -2.39. The van der Waals surface area contributed by atoms with Crippen LogP contribution < -0.4 is 0 Å². The number of carbonyl (C=O) groups excluding carboxylic acids is 1. The molecule has 1 N–H and O–H groups in total. The molecule has 8 heteroatoms. The molecule has 2 aromatic carbocycles. The number of benzene rings is 2. The number of hydrogen-bond donors (Lipinski definition) is 1. The van der Waals surface area contributed by atoms with Crippen molar-refractivity contribution in [1.29, 1.82) is 0 Å². The summed E-state index contributed by atoms with van der Waals surface area (Å²) in [6, 6.07) is 16.0. The van der Waals surface area contributed by atoms with Crippen molar-refractivity contribution in [1.82, 2.24) is 4.90 Å². The first-order chi connectivity index (χ1) is 19.7. The molecule has 1 amide bonds. The minimum Gasteiger partial charge on any atom is -0.448 e. The van der Waals surface area contributed by atoms with Gasteiger partial charge in [0.1, 0.15) is 18.8 Å². The molecule has 2 aromatic rings. The first-order valence-electron chi connectivity index (χ1n) is 15.1. The van der Waals surface area contributed by atoms with Gasteiger partial charge in [0.05, 0.1) is 43.1 Å². The maximum atomic E-state index is 14.1. The van der Waals surface area contributed by atoms with E-state index < -0.39 is 53.4 Å². The summed E-state index contributed by atoms with van der Waals surface area (Å²) in [5.74, 6) is -1.33. The average Bonchev–Trinajstić information content (AvgIpc) is 3.53. The van der Waals surface area contributed by atoms with Crippen LogP contribution in [0.2, 0.25) is 0 Å². The molecule has 5 atom stereocenters. The molecular formula is C34H47NO7. The second kappa shape index (κ2) is 11.5. The minimum atomic E-state index is -0.785. The Balaban J connectivity index is 1.45. The third-order valence-electron chi connectivity index (χ3n) is 8.16. The average molecular weight is 582 g/mol. The highest BCUT2D eigenvalue weighted by molar-refractivity contribution is 5.79. The van der Waals surface area contributed by atoms with Crippen molar-refractivity contribution in [3.05, 3.63) is 59.7 Å². The van der Waals surface area contributed by atoms with Crippen molar-refractivity contribution in [2.24, 2.45) is 5.92 Å². The van der Waals surface area contributed by atoms with E-state index in [-0.39, 0.29) is 25.7 Å². The van der Waals surface area contributed by atoms with E-state index in [4.69, 9.17) is 23.7 Å². The van der Waals surface area contributed by atoms with Crippen LogP contribution in [0.5, 0.6) is 0 Å². The van der Waals surface area contributed by atoms with Crippen LogP contribution in [0.3, 0.4) is 0 Å². The van der Waals surface area contributed by atoms with Crippen molar-refractivity contribution in [2.75, 3.05) is 26.4 Å². The van der Waals surface area contributed by atoms with Crippen molar-refractivity contribution in [2.45, 2.75) is 103 Å². The monoisotopic (exact) mass is 581 g/mol. The zero-order valence-electron chi connectivity index (χ0n) is 26.3. The van der Waals surface area contributed by atoms with Gasteiger partial charge in [-0.15, -0.1) is 0 Å². The maximum absolute atomic E-state index is 14.1. The Morgan fingerprint density at radius 3 is 2.05 bits per heavy atom. The number of amides is 1. The van der Waals surface area contributed by atoms with Gasteiger partial charge in [-0.05, 0) is 77.6 Å². The van der Waals surface area contributed by atoms with E-state index in [0.717, 1.165) is 11.1 Å². The highest BCUT2D eigenvalue weighted by Gasteiger charge is 2.55. The van der Waals surface area contributed by atoms with E-state index in [0.29, 0.717) is 6.61 Å². The molecule has 1 aliphatic carbocycles. The van der Waals surface area contributed by atoms with Gasteiger partial charge in [0.25, 0.3) is 0 Å². The summed E-state index contributed by atoms with van der Waals surface area (Å²) in [6.45, 7) is 16.2. The number of hydrogen-bond acceptors (Lipinski definition) is 7. The summed E-state index contributed by atoms with van der Waals surface area (Å²) in [5.41, 5.74) is 3.65. The van der Waals surface area contributed by atoms with E-state index in [2.05, 4.69) is 24.3 Å². The molecule has 2 fully saturated rings. The zero-order chi connectivity index (χ0) is 30.4. The third kappa shape index (κ3) is 6.53. The molecule has 3 aliphatic rings. The summed E-state index contributed by atoms with van der Waals surface area (Å²) in [6.07, 6.45) is -1.84. The molecule has 0 radical (unpaired) electrons. The Morgan fingerprint density at radius 2 is 1.55 bits per heavy atom. The predicted molar refractivity (Wildman–Crippen MR) is 160 cm³/mol. The van der Waals surface area contributed by atoms with Gasteiger partial charge in [0.15, 0.2) is 5.79 Å². The predicted octanol–water partition coefficient (Wildman–Crippen LogP) is 5.75. The SMILES string of the molecule is CC(C)(C)O[C@H]1[C@H]([C@@H](CO)[C@H]2COC(C)(C)O2)N(C(=O)OCC2c3ccccc3-c3ccccc32)C[C@@H]1OC(C)(C)C. The van der Waals surface area contributed by atoms with Gasteiger partial charge in [-0.2, -0.15) is 0 Å². The second-order valence-electron chi connectivity index (χ2n) is 14.1. The van der Waals surface area contributed by atoms with Gasteiger partial charge in [-0.3, -0.25) is 4.90 Å². The number of nitrogens with zero attached hydrogens (tertiary/aromatic N) is 1. The number of carbonyl (C=O) groups is 1. The minimum absolute atomic E-state index is 0.0633. The number of fused-ring (bicyclic) bond motifs is 3. The summed E-state index contributed by atoms with van der Waals surface area (Å²) in [7, 11) is 0. The Hall–Kier alpha value is -2.49. The van der Waals surface area contributed by atoms with Crippen LogP contribution in [0.4, 0.5) is 4.79 Å². The number of likely N-dealkylation sites (tertiary alicyclic amines) is 1. The molecule has 2 aliphatic heterocycles. The highest BCUT2D eigenvalue weighted by Crippen LogP contribution is 2.45. The molecule has 0 saturated carbocycles. The van der Waals surface area contributed by atoms with Gasteiger partial charge in [0.2, 0.25) is 0 Å². The van der Waals surface area contributed by atoms with E-state index in [1.165, 1.54) is 11.1 Å². The summed E-state index contributed by atoms with van der Waals surface area (Å²) in [4.78, 5) is 15.7. The summed E-state index contributed by atoms with van der Waals surface area (Å²) in [5, 5.41) is 10.8. The first kappa shape index (κ1) is 31.0. The lowest BCUT2D eigenvalue weighted by molar-refractivity contribution is -0.170. The largest absolute Gasteiger partial charge is 0.448 e. The topological polar surface area (TPSA) is 86.7 Å². The quantitative estimate of drug-likeness (QED) is 0.446. The Morgan fingerprint density at radius 1 is 0.976 bits per heavy atom. The van der Waals surface area contributed by atoms with Crippen LogP contribution in [-0.4, -0.2) is 83.8 Å². The number of aliphatic hydroxyl groups excluding tert-OH is 1. The number of aliphatic hydroxyl groups is 1. The van der Waals surface area contributed by atoms with Crippen LogP contribution in [0.15, 0.2) is 48.5 Å². The Bertz CT molecular complexity index is 1220. The highest BCUT2D eigenvalue weighted by atomic mass is 16.7. The molecule has 0 spiro atoms. The Labute approximate surface area is 250 Å². The fraction of sp³-hybridized carbons (Fsp3) is 0.618. The van der Waals surface area contributed by atoms with Crippen molar-refractivity contribution in [3.63, 3.8) is 0 Å². The molecule has 2 heterocycles. The fourth-order valence-corrected chi connectivity index (χ4v) is 6.65. The second-order valence-corrected chi connectivity index (χ2v) is 14.1. The number of ether oxygens (including phenoxy) is 5. The molecule has 42 heavy (non-hydrogen) atoms. The molecule has 230 valence electrons. The number of rotatable bonds is 7. The normalized spacial score (nSPS) is 26.3.